The quantitative estimate of drug-likeness (QED) is 0.383. The number of para-hydroxylation sites is 1. The van der Waals surface area contributed by atoms with E-state index < -0.39 is 35.4 Å². The van der Waals surface area contributed by atoms with Gasteiger partial charge in [0.2, 0.25) is 5.91 Å². The van der Waals surface area contributed by atoms with Crippen molar-refractivity contribution in [3.8, 4) is 11.1 Å². The van der Waals surface area contributed by atoms with Crippen molar-refractivity contribution in [2.45, 2.75) is 32.7 Å². The van der Waals surface area contributed by atoms with Crippen LogP contribution in [0, 0.1) is 17.5 Å². The monoisotopic (exact) mass is 545 g/mol. The maximum absolute atomic E-state index is 15.4. The Kier molecular flexibility index (Phi) is 8.41. The van der Waals surface area contributed by atoms with Crippen LogP contribution in [0.25, 0.3) is 11.1 Å². The van der Waals surface area contributed by atoms with E-state index in [9.17, 15) is 14.0 Å². The van der Waals surface area contributed by atoms with Gasteiger partial charge in [0.05, 0.1) is 10.7 Å². The Balaban J connectivity index is 1.55. The number of rotatable bonds is 7. The molecule has 0 saturated carbocycles. The highest BCUT2D eigenvalue weighted by atomic mass is 35.5. The molecule has 1 aliphatic heterocycles. The molecule has 0 radical (unpaired) electrons. The molecule has 1 fully saturated rings. The SMILES string of the molecule is CCN(CC)c1ccccc1-c1ccc(N2CCCC(NC(=O)Nc3ncc(Cl)cc3F)C2=O)c(F)c1F. The van der Waals surface area contributed by atoms with Crippen molar-refractivity contribution in [2.24, 2.45) is 0 Å². The van der Waals surface area contributed by atoms with E-state index in [1.54, 1.807) is 12.1 Å². The van der Waals surface area contributed by atoms with Gasteiger partial charge < -0.3 is 15.1 Å². The normalized spacial score (nSPS) is 15.4. The number of benzene rings is 2. The van der Waals surface area contributed by atoms with Crippen LogP contribution >= 0.6 is 11.6 Å². The Hall–Kier alpha value is -3.79. The lowest BCUT2D eigenvalue weighted by Crippen LogP contribution is -2.53. The van der Waals surface area contributed by atoms with Gasteiger partial charge >= 0.3 is 6.03 Å². The Morgan fingerprint density at radius 2 is 1.84 bits per heavy atom. The summed E-state index contributed by atoms with van der Waals surface area (Å²) in [7, 11) is 0. The van der Waals surface area contributed by atoms with E-state index in [4.69, 9.17) is 11.6 Å². The minimum Gasteiger partial charge on any atom is -0.372 e. The van der Waals surface area contributed by atoms with E-state index in [-0.39, 0.29) is 35.1 Å². The molecular weight excluding hydrogens is 519 g/mol. The van der Waals surface area contributed by atoms with Crippen molar-refractivity contribution in [3.63, 3.8) is 0 Å². The zero-order valence-corrected chi connectivity index (χ0v) is 21.7. The molecule has 0 bridgehead atoms. The first-order chi connectivity index (χ1) is 18.2. The lowest BCUT2D eigenvalue weighted by atomic mass is 9.99. The molecule has 0 spiro atoms. The summed E-state index contributed by atoms with van der Waals surface area (Å²) in [5, 5.41) is 4.75. The number of anilines is 3. The summed E-state index contributed by atoms with van der Waals surface area (Å²) in [6.07, 6.45) is 1.87. The minimum absolute atomic E-state index is 0.0587. The predicted octanol–water partition coefficient (Wildman–Crippen LogP) is 5.98. The first-order valence-electron chi connectivity index (χ1n) is 12.3. The molecule has 7 nitrogen and oxygen atoms in total. The Bertz CT molecular complexity index is 1350. The third kappa shape index (κ3) is 5.55. The van der Waals surface area contributed by atoms with Crippen LogP contribution in [-0.2, 0) is 4.79 Å². The molecule has 38 heavy (non-hydrogen) atoms. The van der Waals surface area contributed by atoms with Crippen LogP contribution in [-0.4, -0.2) is 42.6 Å². The number of halogens is 4. The average Bonchev–Trinajstić information content (AvgIpc) is 2.90. The fourth-order valence-electron chi connectivity index (χ4n) is 4.55. The number of carbonyl (C=O) groups excluding carboxylic acids is 2. The van der Waals surface area contributed by atoms with Crippen LogP contribution in [0.15, 0.2) is 48.7 Å². The smallest absolute Gasteiger partial charge is 0.321 e. The van der Waals surface area contributed by atoms with Crippen LogP contribution in [0.3, 0.4) is 0 Å². The highest BCUT2D eigenvalue weighted by molar-refractivity contribution is 6.30. The van der Waals surface area contributed by atoms with E-state index in [0.29, 0.717) is 25.1 Å². The molecule has 4 rings (SSSR count). The lowest BCUT2D eigenvalue weighted by Gasteiger charge is -2.33. The van der Waals surface area contributed by atoms with Gasteiger partial charge in [0.1, 0.15) is 6.04 Å². The first-order valence-corrected chi connectivity index (χ1v) is 12.6. The van der Waals surface area contributed by atoms with Crippen molar-refractivity contribution in [1.29, 1.82) is 0 Å². The van der Waals surface area contributed by atoms with Gasteiger partial charge in [0.25, 0.3) is 0 Å². The molecule has 2 heterocycles. The topological polar surface area (TPSA) is 77.6 Å². The second-order valence-electron chi connectivity index (χ2n) is 8.72. The second kappa shape index (κ2) is 11.7. The third-order valence-electron chi connectivity index (χ3n) is 6.43. The number of aromatic nitrogens is 1. The minimum atomic E-state index is -1.15. The second-order valence-corrected chi connectivity index (χ2v) is 9.15. The van der Waals surface area contributed by atoms with Crippen LogP contribution in [0.1, 0.15) is 26.7 Å². The van der Waals surface area contributed by atoms with Crippen molar-refractivity contribution in [2.75, 3.05) is 34.8 Å². The van der Waals surface area contributed by atoms with Crippen LogP contribution in [0.5, 0.6) is 0 Å². The molecule has 11 heteroatoms. The maximum atomic E-state index is 15.4. The van der Waals surface area contributed by atoms with Gasteiger partial charge in [0.15, 0.2) is 23.3 Å². The number of amides is 3. The summed E-state index contributed by atoms with van der Waals surface area (Å²) < 4.78 is 44.8. The molecule has 2 N–H and O–H groups in total. The standard InChI is InChI=1S/C27H27ClF3N5O2/c1-3-35(4-2)21-10-6-5-8-17(21)18-11-12-22(24(31)23(18)30)36-13-7-9-20(26(36)37)33-27(38)34-25-19(29)14-16(28)15-32-25/h5-6,8,10-12,14-15,20H,3-4,7,9,13H2,1-2H3,(H2,32,33,34,38). The largest absolute Gasteiger partial charge is 0.372 e. The molecule has 1 aromatic heterocycles. The van der Waals surface area contributed by atoms with Gasteiger partial charge in [0, 0.05) is 42.6 Å². The summed E-state index contributed by atoms with van der Waals surface area (Å²) in [6.45, 7) is 5.50. The average molecular weight is 546 g/mol. The lowest BCUT2D eigenvalue weighted by molar-refractivity contribution is -0.121. The van der Waals surface area contributed by atoms with E-state index in [2.05, 4.69) is 15.6 Å². The summed E-state index contributed by atoms with van der Waals surface area (Å²) in [5.41, 5.74) is 1.20. The van der Waals surface area contributed by atoms with Crippen LogP contribution in [0.4, 0.5) is 35.2 Å². The number of hydrogen-bond donors (Lipinski definition) is 2. The van der Waals surface area contributed by atoms with Crippen molar-refractivity contribution in [1.82, 2.24) is 10.3 Å². The number of pyridine rings is 1. The summed E-state index contributed by atoms with van der Waals surface area (Å²) in [4.78, 5) is 32.4. The molecule has 200 valence electrons. The van der Waals surface area contributed by atoms with Crippen molar-refractivity contribution in [3.05, 3.63) is 71.1 Å². The predicted molar refractivity (Wildman–Crippen MR) is 142 cm³/mol. The molecular formula is C27H27ClF3N5O2. The Morgan fingerprint density at radius 3 is 2.55 bits per heavy atom. The summed E-state index contributed by atoms with van der Waals surface area (Å²) in [5.74, 6) is -4.02. The van der Waals surface area contributed by atoms with Gasteiger partial charge in [-0.1, -0.05) is 29.8 Å². The third-order valence-corrected chi connectivity index (χ3v) is 6.64. The number of nitrogens with one attached hydrogen (secondary N) is 2. The Morgan fingerprint density at radius 1 is 1.11 bits per heavy atom. The van der Waals surface area contributed by atoms with E-state index in [1.807, 2.05) is 30.9 Å². The Labute approximate surface area is 223 Å². The van der Waals surface area contributed by atoms with E-state index in [1.165, 1.54) is 12.1 Å². The molecule has 1 unspecified atom stereocenters. The van der Waals surface area contributed by atoms with Crippen LogP contribution < -0.4 is 20.4 Å². The molecule has 0 aliphatic carbocycles. The summed E-state index contributed by atoms with van der Waals surface area (Å²) in [6, 6.07) is 9.12. The first kappa shape index (κ1) is 27.3. The van der Waals surface area contributed by atoms with Gasteiger partial charge in [-0.3, -0.25) is 10.1 Å². The highest BCUT2D eigenvalue weighted by Gasteiger charge is 2.33. The van der Waals surface area contributed by atoms with Gasteiger partial charge in [-0.15, -0.1) is 0 Å². The zero-order chi connectivity index (χ0) is 27.4. The number of carbonyl (C=O) groups is 2. The highest BCUT2D eigenvalue weighted by Crippen LogP contribution is 2.36. The zero-order valence-electron chi connectivity index (χ0n) is 20.9. The van der Waals surface area contributed by atoms with Crippen molar-refractivity contribution >= 4 is 40.7 Å². The molecule has 3 aromatic rings. The van der Waals surface area contributed by atoms with E-state index in [0.717, 1.165) is 22.9 Å². The number of hydrogen-bond acceptors (Lipinski definition) is 4. The fraction of sp³-hybridized carbons (Fsp3) is 0.296. The van der Waals surface area contributed by atoms with E-state index >= 15 is 8.78 Å². The number of urea groups is 1. The van der Waals surface area contributed by atoms with Crippen molar-refractivity contribution < 1.29 is 22.8 Å². The van der Waals surface area contributed by atoms with Gasteiger partial charge in [-0.05, 0) is 51.0 Å². The maximum Gasteiger partial charge on any atom is 0.321 e. The number of piperidine rings is 1. The van der Waals surface area contributed by atoms with Gasteiger partial charge in [-0.2, -0.15) is 0 Å². The van der Waals surface area contributed by atoms with Crippen LogP contribution in [0.2, 0.25) is 5.02 Å². The molecule has 1 saturated heterocycles. The molecule has 3 amide bonds. The molecule has 2 aromatic carbocycles. The number of nitrogens with zero attached hydrogens (tertiary/aromatic N) is 3. The molecule has 1 aliphatic rings. The molecule has 1 atom stereocenters. The van der Waals surface area contributed by atoms with Gasteiger partial charge in [-0.25, -0.2) is 22.9 Å². The summed E-state index contributed by atoms with van der Waals surface area (Å²) >= 11 is 5.67. The fourth-order valence-corrected chi connectivity index (χ4v) is 4.70.